The quantitative estimate of drug-likeness (QED) is 0.542. The molecule has 0 aromatic heterocycles. The Morgan fingerprint density at radius 1 is 0.767 bits per heavy atom. The van der Waals surface area contributed by atoms with Gasteiger partial charge in [0.2, 0.25) is 0 Å². The molecular formula is C27H31FN2. The zero-order valence-corrected chi connectivity index (χ0v) is 17.6. The second-order valence-electron chi connectivity index (χ2n) is 9.15. The fourth-order valence-corrected chi connectivity index (χ4v) is 5.43. The summed E-state index contributed by atoms with van der Waals surface area (Å²) in [5.74, 6) is 1.24. The molecule has 156 valence electrons. The number of fused-ring (bicyclic) bond motifs is 1. The Morgan fingerprint density at radius 2 is 1.50 bits per heavy atom. The Hall–Kier alpha value is -2.23. The van der Waals surface area contributed by atoms with Gasteiger partial charge in [-0.15, -0.1) is 0 Å². The molecule has 2 fully saturated rings. The predicted molar refractivity (Wildman–Crippen MR) is 122 cm³/mol. The van der Waals surface area contributed by atoms with Crippen LogP contribution in [0.15, 0.2) is 66.7 Å². The van der Waals surface area contributed by atoms with E-state index in [1.165, 1.54) is 73.9 Å². The van der Waals surface area contributed by atoms with Gasteiger partial charge in [-0.05, 0) is 84.8 Å². The highest BCUT2D eigenvalue weighted by molar-refractivity contribution is 5.85. The molecule has 0 unspecified atom stereocenters. The monoisotopic (exact) mass is 402 g/mol. The first-order chi connectivity index (χ1) is 14.7. The van der Waals surface area contributed by atoms with Crippen molar-refractivity contribution in [3.05, 3.63) is 83.7 Å². The van der Waals surface area contributed by atoms with Crippen LogP contribution in [0.25, 0.3) is 10.8 Å². The number of benzene rings is 3. The lowest BCUT2D eigenvalue weighted by atomic mass is 9.89. The minimum atomic E-state index is -0.134. The van der Waals surface area contributed by atoms with E-state index in [1.807, 2.05) is 12.1 Å². The van der Waals surface area contributed by atoms with Crippen molar-refractivity contribution in [3.63, 3.8) is 0 Å². The van der Waals surface area contributed by atoms with E-state index in [4.69, 9.17) is 0 Å². The summed E-state index contributed by atoms with van der Waals surface area (Å²) in [6.45, 7) is 7.04. The fraction of sp³-hybridized carbons (Fsp3) is 0.407. The van der Waals surface area contributed by atoms with Crippen molar-refractivity contribution in [3.8, 4) is 0 Å². The van der Waals surface area contributed by atoms with Crippen molar-refractivity contribution < 1.29 is 4.39 Å². The van der Waals surface area contributed by atoms with Gasteiger partial charge in [0.15, 0.2) is 0 Å². The van der Waals surface area contributed by atoms with Gasteiger partial charge in [-0.25, -0.2) is 4.39 Å². The number of nitrogens with zero attached hydrogens (tertiary/aromatic N) is 2. The maximum atomic E-state index is 13.2. The molecule has 3 heteroatoms. The van der Waals surface area contributed by atoms with Crippen LogP contribution in [-0.4, -0.2) is 42.5 Å². The van der Waals surface area contributed by atoms with E-state index in [0.29, 0.717) is 5.92 Å². The SMILES string of the molecule is Fc1ccc(C2CCN(C[C@H]3CCN(Cc4cccc5ccccc45)C3)CC2)cc1. The predicted octanol–water partition coefficient (Wildman–Crippen LogP) is 5.68. The average Bonchev–Trinajstić information content (AvgIpc) is 3.22. The highest BCUT2D eigenvalue weighted by atomic mass is 19.1. The Labute approximate surface area is 179 Å². The molecule has 1 atom stereocenters. The van der Waals surface area contributed by atoms with Crippen molar-refractivity contribution in [2.75, 3.05) is 32.7 Å². The van der Waals surface area contributed by atoms with Crippen LogP contribution in [0.2, 0.25) is 0 Å². The summed E-state index contributed by atoms with van der Waals surface area (Å²) >= 11 is 0. The summed E-state index contributed by atoms with van der Waals surface area (Å²) in [5, 5.41) is 2.74. The minimum absolute atomic E-state index is 0.134. The lowest BCUT2D eigenvalue weighted by Gasteiger charge is -2.33. The molecule has 0 amide bonds. The molecule has 3 aromatic rings. The molecular weight excluding hydrogens is 371 g/mol. The number of rotatable bonds is 5. The van der Waals surface area contributed by atoms with E-state index in [1.54, 1.807) is 12.1 Å². The lowest BCUT2D eigenvalue weighted by molar-refractivity contribution is 0.181. The van der Waals surface area contributed by atoms with Gasteiger partial charge >= 0.3 is 0 Å². The van der Waals surface area contributed by atoms with Gasteiger partial charge in [0.1, 0.15) is 5.82 Å². The topological polar surface area (TPSA) is 6.48 Å². The average molecular weight is 403 g/mol. The molecule has 2 nitrogen and oxygen atoms in total. The Kier molecular flexibility index (Phi) is 5.83. The highest BCUT2D eigenvalue weighted by Gasteiger charge is 2.27. The molecule has 2 heterocycles. The van der Waals surface area contributed by atoms with Crippen LogP contribution < -0.4 is 0 Å². The molecule has 0 bridgehead atoms. The Morgan fingerprint density at radius 3 is 2.33 bits per heavy atom. The third kappa shape index (κ3) is 4.43. The molecule has 2 aliphatic heterocycles. The Bertz CT molecular complexity index is 970. The third-order valence-electron chi connectivity index (χ3n) is 7.09. The van der Waals surface area contributed by atoms with Crippen LogP contribution in [0.1, 0.15) is 36.3 Å². The van der Waals surface area contributed by atoms with E-state index in [9.17, 15) is 4.39 Å². The lowest BCUT2D eigenvalue weighted by Crippen LogP contribution is -2.37. The van der Waals surface area contributed by atoms with Gasteiger partial charge < -0.3 is 4.90 Å². The Balaban J connectivity index is 1.12. The zero-order chi connectivity index (χ0) is 20.3. The molecule has 0 saturated carbocycles. The second-order valence-corrected chi connectivity index (χ2v) is 9.15. The minimum Gasteiger partial charge on any atom is -0.303 e. The van der Waals surface area contributed by atoms with Gasteiger partial charge in [-0.1, -0.05) is 54.6 Å². The first-order valence-corrected chi connectivity index (χ1v) is 11.4. The van der Waals surface area contributed by atoms with E-state index < -0.39 is 0 Å². The summed E-state index contributed by atoms with van der Waals surface area (Å²) in [5.41, 5.74) is 2.76. The normalized spacial score (nSPS) is 21.4. The number of hydrogen-bond acceptors (Lipinski definition) is 2. The summed E-state index contributed by atoms with van der Waals surface area (Å²) in [4.78, 5) is 5.30. The van der Waals surface area contributed by atoms with Crippen LogP contribution in [0.3, 0.4) is 0 Å². The second kappa shape index (κ2) is 8.87. The van der Waals surface area contributed by atoms with E-state index in [-0.39, 0.29) is 5.82 Å². The number of halogens is 1. The van der Waals surface area contributed by atoms with Crippen molar-refractivity contribution in [1.29, 1.82) is 0 Å². The van der Waals surface area contributed by atoms with Crippen molar-refractivity contribution in [2.24, 2.45) is 5.92 Å². The molecule has 0 N–H and O–H groups in total. The van der Waals surface area contributed by atoms with Gasteiger partial charge in [-0.2, -0.15) is 0 Å². The van der Waals surface area contributed by atoms with E-state index >= 15 is 0 Å². The molecule has 0 radical (unpaired) electrons. The summed E-state index contributed by atoms with van der Waals surface area (Å²) in [6, 6.07) is 22.6. The van der Waals surface area contributed by atoms with Crippen LogP contribution >= 0.6 is 0 Å². The van der Waals surface area contributed by atoms with Gasteiger partial charge in [0.05, 0.1) is 0 Å². The molecule has 30 heavy (non-hydrogen) atoms. The van der Waals surface area contributed by atoms with Gasteiger partial charge in [0.25, 0.3) is 0 Å². The van der Waals surface area contributed by atoms with E-state index in [2.05, 4.69) is 52.3 Å². The molecule has 2 aliphatic rings. The number of piperidine rings is 1. The van der Waals surface area contributed by atoms with Gasteiger partial charge in [-0.3, -0.25) is 4.90 Å². The summed E-state index contributed by atoms with van der Waals surface area (Å²) in [7, 11) is 0. The molecule has 0 spiro atoms. The summed E-state index contributed by atoms with van der Waals surface area (Å²) in [6.07, 6.45) is 3.69. The van der Waals surface area contributed by atoms with Gasteiger partial charge in [0, 0.05) is 19.6 Å². The smallest absolute Gasteiger partial charge is 0.123 e. The number of hydrogen-bond donors (Lipinski definition) is 0. The largest absolute Gasteiger partial charge is 0.303 e. The van der Waals surface area contributed by atoms with E-state index in [0.717, 1.165) is 12.5 Å². The molecule has 3 aromatic carbocycles. The van der Waals surface area contributed by atoms with Crippen molar-refractivity contribution >= 4 is 10.8 Å². The van der Waals surface area contributed by atoms with Crippen LogP contribution in [-0.2, 0) is 6.54 Å². The summed E-state index contributed by atoms with van der Waals surface area (Å²) < 4.78 is 13.2. The van der Waals surface area contributed by atoms with Crippen molar-refractivity contribution in [1.82, 2.24) is 9.80 Å². The fourth-order valence-electron chi connectivity index (χ4n) is 5.43. The van der Waals surface area contributed by atoms with Crippen LogP contribution in [0.4, 0.5) is 4.39 Å². The first-order valence-electron chi connectivity index (χ1n) is 11.4. The highest BCUT2D eigenvalue weighted by Crippen LogP contribution is 2.30. The van der Waals surface area contributed by atoms with Crippen LogP contribution in [0.5, 0.6) is 0 Å². The molecule has 5 rings (SSSR count). The van der Waals surface area contributed by atoms with Crippen molar-refractivity contribution in [2.45, 2.75) is 31.7 Å². The maximum absolute atomic E-state index is 13.2. The number of likely N-dealkylation sites (tertiary alicyclic amines) is 2. The maximum Gasteiger partial charge on any atom is 0.123 e. The standard InChI is InChI=1S/C27H31FN2/c28-26-10-8-22(9-11-26)23-13-16-29(17-14-23)18-21-12-15-30(19-21)20-25-6-3-5-24-4-1-2-7-27(24)25/h1-11,21,23H,12-20H2/t21-/m1/s1. The molecule has 2 saturated heterocycles. The molecule has 0 aliphatic carbocycles. The first kappa shape index (κ1) is 19.7. The zero-order valence-electron chi connectivity index (χ0n) is 17.6. The van der Waals surface area contributed by atoms with Crippen LogP contribution in [0, 0.1) is 11.7 Å². The third-order valence-corrected chi connectivity index (χ3v) is 7.09.